The minimum Gasteiger partial charge on any atom is -0.387 e. The van der Waals surface area contributed by atoms with Gasteiger partial charge in [-0.15, -0.1) is 0 Å². The fraction of sp³-hybridized carbons (Fsp3) is 0.636. The summed E-state index contributed by atoms with van der Waals surface area (Å²) in [6.07, 6.45) is 7.76. The van der Waals surface area contributed by atoms with Crippen LogP contribution in [0.3, 0.4) is 0 Å². The lowest BCUT2D eigenvalue weighted by molar-refractivity contribution is 0.0648. The summed E-state index contributed by atoms with van der Waals surface area (Å²) in [5, 5.41) is 9.83. The zero-order valence-electron chi connectivity index (χ0n) is 8.62. The van der Waals surface area contributed by atoms with Crippen molar-refractivity contribution in [3.63, 3.8) is 0 Å². The Morgan fingerprint density at radius 3 is 2.54 bits per heavy atom. The van der Waals surface area contributed by atoms with Crippen molar-refractivity contribution in [2.45, 2.75) is 38.8 Å². The van der Waals surface area contributed by atoms with E-state index in [9.17, 15) is 5.11 Å². The SMILES string of the molecule is CCC(C)(C)C1(N)C=CC=CC1O. The Bertz CT molecular complexity index is 242. The minimum atomic E-state index is -0.628. The first-order valence-electron chi connectivity index (χ1n) is 4.77. The number of aliphatic hydroxyl groups is 1. The average Bonchev–Trinajstić information content (AvgIpc) is 2.10. The molecule has 13 heavy (non-hydrogen) atoms. The van der Waals surface area contributed by atoms with E-state index in [0.717, 1.165) is 6.42 Å². The van der Waals surface area contributed by atoms with Crippen molar-refractivity contribution >= 4 is 0 Å². The van der Waals surface area contributed by atoms with Crippen molar-refractivity contribution in [1.82, 2.24) is 0 Å². The Morgan fingerprint density at radius 1 is 1.46 bits per heavy atom. The molecule has 0 radical (unpaired) electrons. The van der Waals surface area contributed by atoms with Crippen LogP contribution >= 0.6 is 0 Å². The summed E-state index contributed by atoms with van der Waals surface area (Å²) in [4.78, 5) is 0. The van der Waals surface area contributed by atoms with Gasteiger partial charge < -0.3 is 10.8 Å². The number of hydrogen-bond acceptors (Lipinski definition) is 2. The van der Waals surface area contributed by atoms with Gasteiger partial charge in [0, 0.05) is 0 Å². The van der Waals surface area contributed by atoms with E-state index in [1.165, 1.54) is 0 Å². The molecule has 0 saturated heterocycles. The number of hydrogen-bond donors (Lipinski definition) is 2. The normalized spacial score (nSPS) is 33.8. The summed E-state index contributed by atoms with van der Waals surface area (Å²) in [7, 11) is 0. The third kappa shape index (κ3) is 1.56. The first kappa shape index (κ1) is 10.5. The van der Waals surface area contributed by atoms with Crippen LogP contribution in [0.2, 0.25) is 0 Å². The highest BCUT2D eigenvalue weighted by Crippen LogP contribution is 2.37. The number of allylic oxidation sites excluding steroid dienone is 2. The monoisotopic (exact) mass is 181 g/mol. The third-order valence-corrected chi connectivity index (χ3v) is 3.32. The molecular weight excluding hydrogens is 162 g/mol. The number of aliphatic hydroxyl groups excluding tert-OH is 1. The van der Waals surface area contributed by atoms with Gasteiger partial charge in [-0.1, -0.05) is 45.1 Å². The Labute approximate surface area is 80.1 Å². The second kappa shape index (κ2) is 3.28. The van der Waals surface area contributed by atoms with Gasteiger partial charge in [0.15, 0.2) is 0 Å². The summed E-state index contributed by atoms with van der Waals surface area (Å²) in [6.45, 7) is 6.26. The van der Waals surface area contributed by atoms with E-state index in [1.807, 2.05) is 18.2 Å². The van der Waals surface area contributed by atoms with E-state index in [0.29, 0.717) is 0 Å². The average molecular weight is 181 g/mol. The van der Waals surface area contributed by atoms with E-state index >= 15 is 0 Å². The van der Waals surface area contributed by atoms with E-state index in [4.69, 9.17) is 5.73 Å². The Balaban J connectivity index is 2.99. The van der Waals surface area contributed by atoms with E-state index in [1.54, 1.807) is 6.08 Å². The van der Waals surface area contributed by atoms with Crippen LogP contribution in [-0.2, 0) is 0 Å². The molecule has 2 atom stereocenters. The highest BCUT2D eigenvalue weighted by atomic mass is 16.3. The maximum atomic E-state index is 9.83. The lowest BCUT2D eigenvalue weighted by Gasteiger charge is -2.45. The van der Waals surface area contributed by atoms with E-state index in [2.05, 4.69) is 20.8 Å². The molecule has 1 aliphatic carbocycles. The molecule has 0 aromatic carbocycles. The summed E-state index contributed by atoms with van der Waals surface area (Å²) >= 11 is 0. The Morgan fingerprint density at radius 2 is 2.08 bits per heavy atom. The summed E-state index contributed by atoms with van der Waals surface area (Å²) < 4.78 is 0. The fourth-order valence-corrected chi connectivity index (χ4v) is 1.57. The van der Waals surface area contributed by atoms with Gasteiger partial charge in [-0.05, 0) is 11.8 Å². The molecular formula is C11H19NO. The zero-order valence-corrected chi connectivity index (χ0v) is 8.62. The molecule has 1 rings (SSSR count). The molecule has 2 heteroatoms. The van der Waals surface area contributed by atoms with Crippen molar-refractivity contribution in [3.05, 3.63) is 24.3 Å². The molecule has 2 nitrogen and oxygen atoms in total. The predicted molar refractivity (Wildman–Crippen MR) is 55.3 cm³/mol. The summed E-state index contributed by atoms with van der Waals surface area (Å²) in [5.74, 6) is 0. The van der Waals surface area contributed by atoms with Crippen molar-refractivity contribution in [3.8, 4) is 0 Å². The van der Waals surface area contributed by atoms with Gasteiger partial charge in [-0.2, -0.15) is 0 Å². The van der Waals surface area contributed by atoms with Gasteiger partial charge in [0.1, 0.15) is 0 Å². The van der Waals surface area contributed by atoms with Crippen LogP contribution in [0, 0.1) is 5.41 Å². The van der Waals surface area contributed by atoms with Crippen molar-refractivity contribution in [2.24, 2.45) is 11.1 Å². The van der Waals surface area contributed by atoms with Crippen LogP contribution in [0.15, 0.2) is 24.3 Å². The number of rotatable bonds is 2. The maximum Gasteiger partial charge on any atom is 0.0944 e. The van der Waals surface area contributed by atoms with Crippen molar-refractivity contribution in [2.75, 3.05) is 0 Å². The molecule has 0 bridgehead atoms. The smallest absolute Gasteiger partial charge is 0.0944 e. The topological polar surface area (TPSA) is 46.2 Å². The molecule has 0 saturated carbocycles. The first-order chi connectivity index (χ1) is 5.94. The first-order valence-corrected chi connectivity index (χ1v) is 4.77. The van der Waals surface area contributed by atoms with Crippen LogP contribution in [0.25, 0.3) is 0 Å². The van der Waals surface area contributed by atoms with Gasteiger partial charge in [0.05, 0.1) is 11.6 Å². The predicted octanol–water partition coefficient (Wildman–Crippen LogP) is 1.61. The second-order valence-electron chi connectivity index (χ2n) is 4.36. The highest BCUT2D eigenvalue weighted by molar-refractivity contribution is 5.28. The van der Waals surface area contributed by atoms with Crippen LogP contribution in [-0.4, -0.2) is 16.7 Å². The molecule has 0 heterocycles. The summed E-state index contributed by atoms with van der Waals surface area (Å²) in [5.41, 5.74) is 5.48. The molecule has 0 fully saturated rings. The zero-order chi connectivity index (χ0) is 10.1. The van der Waals surface area contributed by atoms with Gasteiger partial charge in [-0.3, -0.25) is 0 Å². The second-order valence-corrected chi connectivity index (χ2v) is 4.36. The van der Waals surface area contributed by atoms with Gasteiger partial charge in [0.2, 0.25) is 0 Å². The van der Waals surface area contributed by atoms with Crippen LogP contribution in [0.5, 0.6) is 0 Å². The molecule has 0 amide bonds. The van der Waals surface area contributed by atoms with Gasteiger partial charge in [-0.25, -0.2) is 0 Å². The molecule has 1 aliphatic rings. The minimum absolute atomic E-state index is 0.0896. The largest absolute Gasteiger partial charge is 0.387 e. The fourth-order valence-electron chi connectivity index (χ4n) is 1.57. The Kier molecular flexibility index (Phi) is 2.64. The highest BCUT2D eigenvalue weighted by Gasteiger charge is 2.43. The van der Waals surface area contributed by atoms with Crippen molar-refractivity contribution in [1.29, 1.82) is 0 Å². The van der Waals surface area contributed by atoms with Crippen LogP contribution in [0.1, 0.15) is 27.2 Å². The molecule has 3 N–H and O–H groups in total. The third-order valence-electron chi connectivity index (χ3n) is 3.32. The molecule has 0 aromatic rings. The standard InChI is InChI=1S/C11H19NO/c1-4-10(2,3)11(12)8-6-5-7-9(11)13/h5-9,13H,4,12H2,1-3H3. The van der Waals surface area contributed by atoms with Gasteiger partial charge >= 0.3 is 0 Å². The Hall–Kier alpha value is -0.600. The lowest BCUT2D eigenvalue weighted by Crippen LogP contribution is -2.59. The van der Waals surface area contributed by atoms with Crippen LogP contribution in [0.4, 0.5) is 0 Å². The molecule has 2 unspecified atom stereocenters. The molecule has 74 valence electrons. The lowest BCUT2D eigenvalue weighted by atomic mass is 9.66. The van der Waals surface area contributed by atoms with E-state index in [-0.39, 0.29) is 5.41 Å². The summed E-state index contributed by atoms with van der Waals surface area (Å²) in [6, 6.07) is 0. The quantitative estimate of drug-likeness (QED) is 0.680. The van der Waals surface area contributed by atoms with Crippen LogP contribution < -0.4 is 5.73 Å². The maximum absolute atomic E-state index is 9.83. The molecule has 0 aromatic heterocycles. The van der Waals surface area contributed by atoms with Gasteiger partial charge in [0.25, 0.3) is 0 Å². The molecule has 0 aliphatic heterocycles. The number of nitrogens with two attached hydrogens (primary N) is 1. The van der Waals surface area contributed by atoms with E-state index < -0.39 is 11.6 Å². The molecule has 0 spiro atoms. The van der Waals surface area contributed by atoms with Crippen molar-refractivity contribution < 1.29 is 5.11 Å².